The second kappa shape index (κ2) is 12.0. The normalized spacial score (nSPS) is 11.9. The van der Waals surface area contributed by atoms with Crippen LogP contribution in [0.4, 0.5) is 0 Å². The number of unbranched alkanes of at least 4 members (excludes halogenated alkanes) is 2. The van der Waals surface area contributed by atoms with E-state index in [0.29, 0.717) is 13.2 Å². The van der Waals surface area contributed by atoms with Crippen molar-refractivity contribution in [3.05, 3.63) is 0 Å². The summed E-state index contributed by atoms with van der Waals surface area (Å²) in [7, 11) is 0. The zero-order valence-electron chi connectivity index (χ0n) is 14.6. The molecule has 0 amide bonds. The minimum atomic E-state index is -0.445. The average Bonchev–Trinajstić information content (AvgIpc) is 2.33. The van der Waals surface area contributed by atoms with Gasteiger partial charge in [0.15, 0.2) is 0 Å². The van der Waals surface area contributed by atoms with Gasteiger partial charge in [-0.05, 0) is 39.5 Å². The Hall–Kier alpha value is -0.610. The Morgan fingerprint density at radius 3 is 2.14 bits per heavy atom. The lowest BCUT2D eigenvalue weighted by atomic mass is 10.1. The van der Waals surface area contributed by atoms with Gasteiger partial charge in [-0.2, -0.15) is 0 Å². The van der Waals surface area contributed by atoms with Gasteiger partial charge >= 0.3 is 5.97 Å². The Bertz CT molecular complexity index is 256. The summed E-state index contributed by atoms with van der Waals surface area (Å²) in [6.07, 6.45) is 5.78. The van der Waals surface area contributed by atoms with Crippen molar-refractivity contribution in [1.29, 1.82) is 0 Å². The number of esters is 1. The number of hydrogen-bond acceptors (Lipinski definition) is 4. The molecular weight excluding hydrogens is 268 g/mol. The van der Waals surface area contributed by atoms with Gasteiger partial charge in [-0.3, -0.25) is 0 Å². The van der Waals surface area contributed by atoms with Crippen molar-refractivity contribution in [3.63, 3.8) is 0 Å². The van der Waals surface area contributed by atoms with Gasteiger partial charge in [0.25, 0.3) is 0 Å². The molecule has 0 aliphatic rings. The van der Waals surface area contributed by atoms with E-state index in [0.717, 1.165) is 25.4 Å². The smallest absolute Gasteiger partial charge is 0.332 e. The second-order valence-electron chi connectivity index (χ2n) is 6.85. The van der Waals surface area contributed by atoms with Gasteiger partial charge in [-0.1, -0.05) is 33.1 Å². The summed E-state index contributed by atoms with van der Waals surface area (Å²) in [5, 5.41) is 0. The van der Waals surface area contributed by atoms with Gasteiger partial charge < -0.3 is 14.2 Å². The van der Waals surface area contributed by atoms with Crippen LogP contribution in [0.3, 0.4) is 0 Å². The average molecular weight is 302 g/mol. The summed E-state index contributed by atoms with van der Waals surface area (Å²) in [6.45, 7) is 12.1. The zero-order valence-corrected chi connectivity index (χ0v) is 14.6. The van der Waals surface area contributed by atoms with E-state index < -0.39 is 5.60 Å². The van der Waals surface area contributed by atoms with E-state index in [1.807, 2.05) is 20.8 Å². The molecule has 0 bridgehead atoms. The van der Waals surface area contributed by atoms with Gasteiger partial charge in [-0.15, -0.1) is 0 Å². The van der Waals surface area contributed by atoms with Gasteiger partial charge in [0.05, 0.1) is 0 Å². The Morgan fingerprint density at radius 2 is 1.52 bits per heavy atom. The predicted octanol–water partition coefficient (Wildman–Crippen LogP) is 3.97. The first-order valence-electron chi connectivity index (χ1n) is 8.18. The standard InChI is InChI=1S/C17H34O4/c1-15(2)10-7-6-8-11-19-12-9-13-20-14-16(18)21-17(3,4)5/h15H,6-14H2,1-5H3. The fourth-order valence-corrected chi connectivity index (χ4v) is 1.83. The molecular formula is C17H34O4. The third kappa shape index (κ3) is 17.3. The van der Waals surface area contributed by atoms with Crippen molar-refractivity contribution in [2.24, 2.45) is 5.92 Å². The topological polar surface area (TPSA) is 44.8 Å². The highest BCUT2D eigenvalue weighted by Crippen LogP contribution is 2.08. The molecule has 0 N–H and O–H groups in total. The quantitative estimate of drug-likeness (QED) is 0.404. The highest BCUT2D eigenvalue weighted by molar-refractivity contribution is 5.71. The molecule has 126 valence electrons. The molecule has 0 radical (unpaired) electrons. The van der Waals surface area contributed by atoms with E-state index in [-0.39, 0.29) is 12.6 Å². The van der Waals surface area contributed by atoms with Gasteiger partial charge in [0, 0.05) is 19.8 Å². The third-order valence-corrected chi connectivity index (χ3v) is 2.79. The molecule has 0 aromatic rings. The molecule has 4 heteroatoms. The summed E-state index contributed by atoms with van der Waals surface area (Å²) < 4.78 is 15.9. The van der Waals surface area contributed by atoms with Crippen molar-refractivity contribution >= 4 is 5.97 Å². The first-order chi connectivity index (χ1) is 9.81. The summed E-state index contributed by atoms with van der Waals surface area (Å²) in [5.74, 6) is 0.488. The van der Waals surface area contributed by atoms with Crippen LogP contribution >= 0.6 is 0 Å². The summed E-state index contributed by atoms with van der Waals surface area (Å²) in [4.78, 5) is 11.4. The molecule has 0 atom stereocenters. The lowest BCUT2D eigenvalue weighted by Crippen LogP contribution is -2.26. The van der Waals surface area contributed by atoms with Gasteiger partial charge in [0.1, 0.15) is 12.2 Å². The summed E-state index contributed by atoms with van der Waals surface area (Å²) in [6, 6.07) is 0. The number of ether oxygens (including phenoxy) is 3. The molecule has 0 saturated heterocycles. The fourth-order valence-electron chi connectivity index (χ4n) is 1.83. The van der Waals surface area contributed by atoms with Crippen LogP contribution in [-0.2, 0) is 19.0 Å². The molecule has 0 spiro atoms. The Kier molecular flexibility index (Phi) is 11.6. The number of hydrogen-bond donors (Lipinski definition) is 0. The summed E-state index contributed by atoms with van der Waals surface area (Å²) >= 11 is 0. The maximum atomic E-state index is 11.4. The Balaban J connectivity index is 3.21. The largest absolute Gasteiger partial charge is 0.458 e. The molecule has 0 aliphatic heterocycles. The molecule has 0 aromatic heterocycles. The SMILES string of the molecule is CC(C)CCCCCOCCCOCC(=O)OC(C)(C)C. The first kappa shape index (κ1) is 20.4. The van der Waals surface area contributed by atoms with E-state index in [4.69, 9.17) is 14.2 Å². The number of carbonyl (C=O) groups is 1. The van der Waals surface area contributed by atoms with E-state index in [2.05, 4.69) is 13.8 Å². The van der Waals surface area contributed by atoms with E-state index >= 15 is 0 Å². The van der Waals surface area contributed by atoms with Crippen molar-refractivity contribution in [2.75, 3.05) is 26.4 Å². The number of carbonyl (C=O) groups excluding carboxylic acids is 1. The fraction of sp³-hybridized carbons (Fsp3) is 0.941. The van der Waals surface area contributed by atoms with Crippen LogP contribution in [0.15, 0.2) is 0 Å². The maximum absolute atomic E-state index is 11.4. The zero-order chi connectivity index (χ0) is 16.1. The predicted molar refractivity (Wildman–Crippen MR) is 85.4 cm³/mol. The third-order valence-electron chi connectivity index (χ3n) is 2.79. The molecule has 4 nitrogen and oxygen atoms in total. The van der Waals surface area contributed by atoms with Crippen LogP contribution in [0.2, 0.25) is 0 Å². The summed E-state index contributed by atoms with van der Waals surface area (Å²) in [5.41, 5.74) is -0.445. The molecule has 0 unspecified atom stereocenters. The van der Waals surface area contributed by atoms with Crippen LogP contribution in [0.1, 0.15) is 66.7 Å². The van der Waals surface area contributed by atoms with Crippen LogP contribution in [0, 0.1) is 5.92 Å². The lowest BCUT2D eigenvalue weighted by Gasteiger charge is -2.19. The van der Waals surface area contributed by atoms with E-state index in [9.17, 15) is 4.79 Å². The first-order valence-corrected chi connectivity index (χ1v) is 8.18. The molecule has 21 heavy (non-hydrogen) atoms. The molecule has 0 heterocycles. The minimum Gasteiger partial charge on any atom is -0.458 e. The van der Waals surface area contributed by atoms with Crippen molar-refractivity contribution in [1.82, 2.24) is 0 Å². The Morgan fingerprint density at radius 1 is 0.905 bits per heavy atom. The second-order valence-corrected chi connectivity index (χ2v) is 6.85. The molecule has 0 rings (SSSR count). The molecule has 0 saturated carbocycles. The van der Waals surface area contributed by atoms with Crippen LogP contribution in [0.25, 0.3) is 0 Å². The molecule has 0 aromatic carbocycles. The van der Waals surface area contributed by atoms with E-state index in [1.165, 1.54) is 19.3 Å². The van der Waals surface area contributed by atoms with E-state index in [1.54, 1.807) is 0 Å². The van der Waals surface area contributed by atoms with Gasteiger partial charge in [-0.25, -0.2) is 4.79 Å². The van der Waals surface area contributed by atoms with Gasteiger partial charge in [0.2, 0.25) is 0 Å². The Labute approximate surface area is 130 Å². The lowest BCUT2D eigenvalue weighted by molar-refractivity contribution is -0.160. The maximum Gasteiger partial charge on any atom is 0.332 e. The molecule has 0 fully saturated rings. The van der Waals surface area contributed by atoms with Crippen LogP contribution in [-0.4, -0.2) is 38.0 Å². The van der Waals surface area contributed by atoms with Crippen LogP contribution < -0.4 is 0 Å². The minimum absolute atomic E-state index is 0.0203. The monoisotopic (exact) mass is 302 g/mol. The van der Waals surface area contributed by atoms with Crippen molar-refractivity contribution in [2.45, 2.75) is 72.3 Å². The van der Waals surface area contributed by atoms with Crippen LogP contribution in [0.5, 0.6) is 0 Å². The highest BCUT2D eigenvalue weighted by Gasteiger charge is 2.15. The van der Waals surface area contributed by atoms with Crippen molar-refractivity contribution in [3.8, 4) is 0 Å². The number of rotatable bonds is 12. The highest BCUT2D eigenvalue weighted by atomic mass is 16.6. The van der Waals surface area contributed by atoms with Crippen molar-refractivity contribution < 1.29 is 19.0 Å². The molecule has 0 aliphatic carbocycles.